The van der Waals surface area contributed by atoms with Gasteiger partial charge < -0.3 is 10.3 Å². The molecule has 1 amide bonds. The van der Waals surface area contributed by atoms with Crippen molar-refractivity contribution in [2.75, 3.05) is 0 Å². The number of fused-ring (bicyclic) bond motifs is 1. The number of primary amides is 1. The fraction of sp³-hybridized carbons (Fsp3) is 0.250. The fourth-order valence-corrected chi connectivity index (χ4v) is 3.40. The van der Waals surface area contributed by atoms with Crippen LogP contribution in [0.25, 0.3) is 0 Å². The molecular formula is C20H20N4O2. The van der Waals surface area contributed by atoms with Crippen LogP contribution in [-0.2, 0) is 30.7 Å². The van der Waals surface area contributed by atoms with Gasteiger partial charge in [0.15, 0.2) is 5.82 Å². The second-order valence-electron chi connectivity index (χ2n) is 6.56. The molecule has 2 N–H and O–H groups in total. The summed E-state index contributed by atoms with van der Waals surface area (Å²) in [6.45, 7) is 1.05. The number of carbonyl (C=O) groups excluding carboxylic acids is 1. The fourth-order valence-electron chi connectivity index (χ4n) is 3.40. The van der Waals surface area contributed by atoms with Crippen molar-refractivity contribution in [3.05, 3.63) is 83.0 Å². The third-order valence-electron chi connectivity index (χ3n) is 4.73. The molecule has 1 aromatic heterocycles. The van der Waals surface area contributed by atoms with E-state index in [1.165, 1.54) is 11.1 Å². The zero-order valence-corrected chi connectivity index (χ0v) is 14.3. The maximum absolute atomic E-state index is 11.9. The molecule has 0 aliphatic carbocycles. The summed E-state index contributed by atoms with van der Waals surface area (Å²) < 4.78 is 5.40. The molecule has 0 spiro atoms. The Balaban J connectivity index is 1.50. The lowest BCUT2D eigenvalue weighted by Crippen LogP contribution is -2.48. The average Bonchev–Trinajstić information content (AvgIpc) is 3.08. The Hall–Kier alpha value is -2.99. The van der Waals surface area contributed by atoms with Crippen molar-refractivity contribution >= 4 is 5.91 Å². The van der Waals surface area contributed by atoms with Gasteiger partial charge in [-0.25, -0.2) is 0 Å². The molecule has 6 nitrogen and oxygen atoms in total. The molecule has 0 saturated carbocycles. The number of benzene rings is 2. The lowest BCUT2D eigenvalue weighted by molar-refractivity contribution is -0.124. The van der Waals surface area contributed by atoms with Crippen molar-refractivity contribution in [1.29, 1.82) is 0 Å². The minimum absolute atomic E-state index is 0.330. The molecule has 0 bridgehead atoms. The summed E-state index contributed by atoms with van der Waals surface area (Å²) in [6, 6.07) is 17.8. The Morgan fingerprint density at radius 2 is 1.85 bits per heavy atom. The third-order valence-corrected chi connectivity index (χ3v) is 4.73. The molecule has 3 aromatic rings. The molecule has 0 radical (unpaired) electrons. The van der Waals surface area contributed by atoms with Crippen LogP contribution in [0.1, 0.15) is 28.4 Å². The summed E-state index contributed by atoms with van der Waals surface area (Å²) in [7, 11) is 0. The third kappa shape index (κ3) is 3.50. The molecule has 1 aliphatic rings. The normalized spacial score (nSPS) is 17.0. The maximum Gasteiger partial charge on any atom is 0.240 e. The van der Waals surface area contributed by atoms with Crippen molar-refractivity contribution in [1.82, 2.24) is 15.0 Å². The van der Waals surface area contributed by atoms with Crippen LogP contribution in [0.4, 0.5) is 0 Å². The van der Waals surface area contributed by atoms with Crippen molar-refractivity contribution in [2.24, 2.45) is 5.73 Å². The first-order valence-electron chi connectivity index (χ1n) is 8.64. The molecule has 4 rings (SSSR count). The van der Waals surface area contributed by atoms with Gasteiger partial charge in [-0.3, -0.25) is 9.69 Å². The van der Waals surface area contributed by atoms with Crippen molar-refractivity contribution in [3.8, 4) is 0 Å². The molecule has 1 atom stereocenters. The Bertz CT molecular complexity index is 907. The summed E-state index contributed by atoms with van der Waals surface area (Å²) in [5.74, 6) is 0.810. The van der Waals surface area contributed by atoms with E-state index in [2.05, 4.69) is 16.2 Å². The minimum atomic E-state index is -0.366. The van der Waals surface area contributed by atoms with E-state index in [0.29, 0.717) is 37.6 Å². The van der Waals surface area contributed by atoms with E-state index in [9.17, 15) is 4.79 Å². The van der Waals surface area contributed by atoms with Gasteiger partial charge in [0, 0.05) is 13.0 Å². The Morgan fingerprint density at radius 1 is 1.12 bits per heavy atom. The first-order valence-corrected chi connectivity index (χ1v) is 8.64. The summed E-state index contributed by atoms with van der Waals surface area (Å²) in [5.41, 5.74) is 9.13. The van der Waals surface area contributed by atoms with Crippen molar-refractivity contribution in [2.45, 2.75) is 32.0 Å². The largest absolute Gasteiger partial charge is 0.368 e. The van der Waals surface area contributed by atoms with Gasteiger partial charge in [-0.1, -0.05) is 59.8 Å². The molecule has 6 heteroatoms. The van der Waals surface area contributed by atoms with Crippen molar-refractivity contribution < 1.29 is 9.32 Å². The molecule has 0 fully saturated rings. The Morgan fingerprint density at radius 3 is 2.62 bits per heavy atom. The highest BCUT2D eigenvalue weighted by molar-refractivity contribution is 5.80. The first-order chi connectivity index (χ1) is 12.7. The van der Waals surface area contributed by atoms with Crippen LogP contribution in [0.2, 0.25) is 0 Å². The van der Waals surface area contributed by atoms with E-state index in [4.69, 9.17) is 10.3 Å². The van der Waals surface area contributed by atoms with Gasteiger partial charge in [0.2, 0.25) is 11.8 Å². The molecule has 132 valence electrons. The highest BCUT2D eigenvalue weighted by Gasteiger charge is 2.31. The summed E-state index contributed by atoms with van der Waals surface area (Å²) in [6.07, 6.45) is 1.23. The lowest BCUT2D eigenvalue weighted by Gasteiger charge is -2.33. The van der Waals surface area contributed by atoms with Gasteiger partial charge in [-0.2, -0.15) is 4.98 Å². The summed E-state index contributed by atoms with van der Waals surface area (Å²) in [4.78, 5) is 18.4. The number of hydrogen-bond donors (Lipinski definition) is 1. The van der Waals surface area contributed by atoms with E-state index >= 15 is 0 Å². The molecule has 0 saturated heterocycles. The summed E-state index contributed by atoms with van der Waals surface area (Å²) >= 11 is 0. The number of aromatic nitrogens is 2. The van der Waals surface area contributed by atoms with E-state index in [0.717, 1.165) is 5.56 Å². The van der Waals surface area contributed by atoms with Gasteiger partial charge >= 0.3 is 0 Å². The maximum atomic E-state index is 11.9. The van der Waals surface area contributed by atoms with Crippen LogP contribution in [0.5, 0.6) is 0 Å². The molecule has 26 heavy (non-hydrogen) atoms. The highest BCUT2D eigenvalue weighted by atomic mass is 16.5. The summed E-state index contributed by atoms with van der Waals surface area (Å²) in [5, 5.41) is 4.06. The van der Waals surface area contributed by atoms with Crippen LogP contribution < -0.4 is 5.73 Å². The molecule has 0 unspecified atom stereocenters. The van der Waals surface area contributed by atoms with Crippen LogP contribution in [0.15, 0.2) is 59.1 Å². The minimum Gasteiger partial charge on any atom is -0.368 e. The second kappa shape index (κ2) is 7.09. The smallest absolute Gasteiger partial charge is 0.240 e. The van der Waals surface area contributed by atoms with E-state index in [-0.39, 0.29) is 11.9 Å². The van der Waals surface area contributed by atoms with Gasteiger partial charge in [0.25, 0.3) is 0 Å². The monoisotopic (exact) mass is 348 g/mol. The molecule has 1 aliphatic heterocycles. The Labute approximate surface area is 151 Å². The van der Waals surface area contributed by atoms with Gasteiger partial charge in [0.05, 0.1) is 12.6 Å². The van der Waals surface area contributed by atoms with E-state index in [1.54, 1.807) is 0 Å². The average molecular weight is 348 g/mol. The van der Waals surface area contributed by atoms with E-state index < -0.39 is 0 Å². The number of hydrogen-bond acceptors (Lipinski definition) is 5. The lowest BCUT2D eigenvalue weighted by atomic mass is 9.93. The van der Waals surface area contributed by atoms with Crippen LogP contribution >= 0.6 is 0 Å². The zero-order valence-electron chi connectivity index (χ0n) is 14.3. The number of nitrogens with zero attached hydrogens (tertiary/aromatic N) is 3. The molecular weight excluding hydrogens is 328 g/mol. The van der Waals surface area contributed by atoms with Crippen molar-refractivity contribution in [3.63, 3.8) is 0 Å². The predicted molar refractivity (Wildman–Crippen MR) is 95.9 cm³/mol. The predicted octanol–water partition coefficient (Wildman–Crippen LogP) is 2.07. The second-order valence-corrected chi connectivity index (χ2v) is 6.56. The number of nitrogens with two attached hydrogens (primary N) is 1. The van der Waals surface area contributed by atoms with Gasteiger partial charge in [0.1, 0.15) is 0 Å². The zero-order chi connectivity index (χ0) is 17.9. The number of carbonyl (C=O) groups is 1. The number of amides is 1. The standard InChI is InChI=1S/C20H20N4O2/c21-20(25)17-11-15-8-4-5-9-16(15)12-24(17)13-19-22-18(23-26-19)10-14-6-2-1-3-7-14/h1-9,17H,10-13H2,(H2,21,25)/t17-/m0/s1. The van der Waals surface area contributed by atoms with Gasteiger partial charge in [-0.15, -0.1) is 0 Å². The Kier molecular flexibility index (Phi) is 4.50. The molecule has 2 aromatic carbocycles. The topological polar surface area (TPSA) is 85.3 Å². The quantitative estimate of drug-likeness (QED) is 0.763. The van der Waals surface area contributed by atoms with Crippen LogP contribution in [-0.4, -0.2) is 27.0 Å². The SMILES string of the molecule is NC(=O)[C@@H]1Cc2ccccc2CN1Cc1nc(Cc2ccccc2)no1. The first kappa shape index (κ1) is 16.5. The van der Waals surface area contributed by atoms with Crippen LogP contribution in [0, 0.1) is 0 Å². The molecule has 2 heterocycles. The number of rotatable bonds is 5. The van der Waals surface area contributed by atoms with E-state index in [1.807, 2.05) is 53.4 Å². The highest BCUT2D eigenvalue weighted by Crippen LogP contribution is 2.24. The van der Waals surface area contributed by atoms with Gasteiger partial charge in [-0.05, 0) is 23.1 Å². The van der Waals surface area contributed by atoms with Crippen LogP contribution in [0.3, 0.4) is 0 Å².